The Morgan fingerprint density at radius 2 is 1.77 bits per heavy atom. The third-order valence-corrected chi connectivity index (χ3v) is 7.78. The molecule has 1 atom stereocenters. The fourth-order valence-corrected chi connectivity index (χ4v) is 5.77. The molecule has 2 aliphatic rings. The monoisotopic (exact) mass is 541 g/mol. The molecule has 8 heteroatoms. The molecule has 1 fully saturated rings. The van der Waals surface area contributed by atoms with E-state index in [2.05, 4.69) is 4.90 Å². The molecule has 5 rings (SSSR count). The number of piperidine rings is 1. The van der Waals surface area contributed by atoms with Crippen LogP contribution in [0.15, 0.2) is 72.8 Å². The van der Waals surface area contributed by atoms with Crippen molar-refractivity contribution in [3.05, 3.63) is 95.1 Å². The predicted molar refractivity (Wildman–Crippen MR) is 152 cm³/mol. The molecule has 8 nitrogen and oxygen atoms in total. The lowest BCUT2D eigenvalue weighted by molar-refractivity contribution is -0.137. The van der Waals surface area contributed by atoms with Gasteiger partial charge in [-0.25, -0.2) is 0 Å². The standard InChI is InChI=1S/C32H35N3O5/c1-40-28-15-6-5-11-24(28)16-18-35-31(38)26-13-7-14-27(29(26)32(35)39)33-17-8-12-25(22-33)30(37)34(19-20-36)21-23-9-3-2-4-10-23/h2-7,9-11,13-15,25,36H,8,12,16-22H2,1H3/t25-/m0/s1. The number of rotatable bonds is 10. The predicted octanol–water partition coefficient (Wildman–Crippen LogP) is 3.77. The van der Waals surface area contributed by atoms with Gasteiger partial charge in [-0.15, -0.1) is 0 Å². The minimum atomic E-state index is -0.301. The third-order valence-electron chi connectivity index (χ3n) is 7.78. The van der Waals surface area contributed by atoms with Gasteiger partial charge in [0.25, 0.3) is 11.8 Å². The van der Waals surface area contributed by atoms with E-state index >= 15 is 0 Å². The van der Waals surface area contributed by atoms with Gasteiger partial charge in [-0.3, -0.25) is 19.3 Å². The fraction of sp³-hybridized carbons (Fsp3) is 0.344. The highest BCUT2D eigenvalue weighted by atomic mass is 16.5. The van der Waals surface area contributed by atoms with Gasteiger partial charge in [0, 0.05) is 32.7 Å². The summed E-state index contributed by atoms with van der Waals surface area (Å²) in [5, 5.41) is 9.64. The molecule has 0 spiro atoms. The Labute approximate surface area is 234 Å². The summed E-state index contributed by atoms with van der Waals surface area (Å²) in [5.74, 6) is -0.139. The molecule has 40 heavy (non-hydrogen) atoms. The Morgan fingerprint density at radius 3 is 2.55 bits per heavy atom. The highest BCUT2D eigenvalue weighted by molar-refractivity contribution is 6.23. The van der Waals surface area contributed by atoms with Crippen LogP contribution in [-0.2, 0) is 17.8 Å². The smallest absolute Gasteiger partial charge is 0.263 e. The maximum absolute atomic E-state index is 13.6. The van der Waals surface area contributed by atoms with Crippen LogP contribution in [-0.4, -0.2) is 72.5 Å². The van der Waals surface area contributed by atoms with Gasteiger partial charge >= 0.3 is 0 Å². The number of carbonyl (C=O) groups excluding carboxylic acids is 3. The molecule has 0 aromatic heterocycles. The normalized spacial score (nSPS) is 16.7. The van der Waals surface area contributed by atoms with Crippen molar-refractivity contribution in [2.75, 3.05) is 44.8 Å². The number of anilines is 1. The first kappa shape index (κ1) is 27.4. The molecule has 3 aromatic rings. The zero-order chi connectivity index (χ0) is 28.1. The van der Waals surface area contributed by atoms with Crippen molar-refractivity contribution in [3.8, 4) is 5.75 Å². The fourth-order valence-electron chi connectivity index (χ4n) is 5.77. The van der Waals surface area contributed by atoms with Crippen molar-refractivity contribution in [1.82, 2.24) is 9.80 Å². The van der Waals surface area contributed by atoms with Gasteiger partial charge in [-0.2, -0.15) is 0 Å². The number of aliphatic hydroxyl groups excluding tert-OH is 1. The summed E-state index contributed by atoms with van der Waals surface area (Å²) in [4.78, 5) is 45.6. The summed E-state index contributed by atoms with van der Waals surface area (Å²) >= 11 is 0. The lowest BCUT2D eigenvalue weighted by Crippen LogP contribution is -2.45. The molecule has 0 saturated carbocycles. The number of imide groups is 1. The van der Waals surface area contributed by atoms with Crippen LogP contribution < -0.4 is 9.64 Å². The van der Waals surface area contributed by atoms with Crippen LogP contribution >= 0.6 is 0 Å². The van der Waals surface area contributed by atoms with Crippen molar-refractivity contribution in [1.29, 1.82) is 0 Å². The minimum absolute atomic E-state index is 0.00369. The molecular weight excluding hydrogens is 506 g/mol. The minimum Gasteiger partial charge on any atom is -0.496 e. The van der Waals surface area contributed by atoms with Gasteiger partial charge in [0.2, 0.25) is 5.91 Å². The SMILES string of the molecule is COc1ccccc1CCN1C(=O)c2cccc(N3CCC[C@H](C(=O)N(CCO)Cc4ccccc4)C3)c2C1=O. The molecule has 3 amide bonds. The average Bonchev–Trinajstić information content (AvgIpc) is 3.25. The Bertz CT molecular complexity index is 1380. The summed E-state index contributed by atoms with van der Waals surface area (Å²) in [7, 11) is 1.61. The molecule has 1 saturated heterocycles. The summed E-state index contributed by atoms with van der Waals surface area (Å²) in [6, 6.07) is 22.7. The molecule has 0 unspecified atom stereocenters. The molecule has 2 heterocycles. The summed E-state index contributed by atoms with van der Waals surface area (Å²) in [6.07, 6.45) is 2.02. The number of para-hydroxylation sites is 1. The summed E-state index contributed by atoms with van der Waals surface area (Å²) in [6.45, 7) is 1.99. The van der Waals surface area contributed by atoms with E-state index in [1.54, 1.807) is 18.1 Å². The van der Waals surface area contributed by atoms with E-state index in [0.717, 1.165) is 29.7 Å². The van der Waals surface area contributed by atoms with E-state index in [9.17, 15) is 19.5 Å². The first-order valence-corrected chi connectivity index (χ1v) is 13.8. The van der Waals surface area contributed by atoms with Crippen LogP contribution in [0, 0.1) is 5.92 Å². The van der Waals surface area contributed by atoms with Crippen LogP contribution in [0.1, 0.15) is 44.7 Å². The number of carbonyl (C=O) groups is 3. The van der Waals surface area contributed by atoms with E-state index in [1.165, 1.54) is 4.90 Å². The molecular formula is C32H35N3O5. The van der Waals surface area contributed by atoms with Crippen LogP contribution in [0.3, 0.4) is 0 Å². The second kappa shape index (κ2) is 12.3. The van der Waals surface area contributed by atoms with Gasteiger partial charge < -0.3 is 19.6 Å². The van der Waals surface area contributed by atoms with Gasteiger partial charge in [0.05, 0.1) is 36.4 Å². The van der Waals surface area contributed by atoms with E-state index in [4.69, 9.17) is 4.74 Å². The van der Waals surface area contributed by atoms with Crippen molar-refractivity contribution >= 4 is 23.4 Å². The Morgan fingerprint density at radius 1 is 1.00 bits per heavy atom. The van der Waals surface area contributed by atoms with Crippen molar-refractivity contribution in [2.24, 2.45) is 5.92 Å². The first-order valence-electron chi connectivity index (χ1n) is 13.8. The highest BCUT2D eigenvalue weighted by Crippen LogP contribution is 2.35. The molecule has 1 N–H and O–H groups in total. The number of ether oxygens (including phenoxy) is 1. The van der Waals surface area contributed by atoms with Gasteiger partial charge in [-0.1, -0.05) is 54.6 Å². The molecule has 3 aromatic carbocycles. The maximum Gasteiger partial charge on any atom is 0.263 e. The van der Waals surface area contributed by atoms with Crippen LogP contribution in [0.5, 0.6) is 5.75 Å². The highest BCUT2D eigenvalue weighted by Gasteiger charge is 2.39. The quantitative estimate of drug-likeness (QED) is 0.393. The Balaban J connectivity index is 1.32. The number of hydrogen-bond acceptors (Lipinski definition) is 6. The molecule has 0 radical (unpaired) electrons. The molecule has 0 aliphatic carbocycles. The maximum atomic E-state index is 13.6. The summed E-state index contributed by atoms with van der Waals surface area (Å²) < 4.78 is 5.43. The first-order chi connectivity index (χ1) is 19.5. The topological polar surface area (TPSA) is 90.4 Å². The number of methoxy groups -OCH3 is 1. The van der Waals surface area contributed by atoms with Gasteiger partial charge in [0.15, 0.2) is 0 Å². The molecule has 0 bridgehead atoms. The number of nitrogens with zero attached hydrogens (tertiary/aromatic N) is 3. The largest absolute Gasteiger partial charge is 0.496 e. The van der Waals surface area contributed by atoms with Crippen LogP contribution in [0.25, 0.3) is 0 Å². The van der Waals surface area contributed by atoms with Crippen LogP contribution in [0.4, 0.5) is 5.69 Å². The zero-order valence-electron chi connectivity index (χ0n) is 22.8. The lowest BCUT2D eigenvalue weighted by atomic mass is 9.94. The molecule has 208 valence electrons. The van der Waals surface area contributed by atoms with Crippen molar-refractivity contribution in [3.63, 3.8) is 0 Å². The lowest BCUT2D eigenvalue weighted by Gasteiger charge is -2.36. The third kappa shape index (κ3) is 5.58. The van der Waals surface area contributed by atoms with E-state index in [1.807, 2.05) is 66.7 Å². The number of aliphatic hydroxyl groups is 1. The molecule has 2 aliphatic heterocycles. The number of benzene rings is 3. The Kier molecular flexibility index (Phi) is 8.45. The average molecular weight is 542 g/mol. The summed E-state index contributed by atoms with van der Waals surface area (Å²) in [5.41, 5.74) is 3.46. The zero-order valence-corrected chi connectivity index (χ0v) is 22.8. The van der Waals surface area contributed by atoms with Gasteiger partial charge in [-0.05, 0) is 48.6 Å². The second-order valence-electron chi connectivity index (χ2n) is 10.3. The van der Waals surface area contributed by atoms with Crippen molar-refractivity contribution < 1.29 is 24.2 Å². The number of fused-ring (bicyclic) bond motifs is 1. The van der Waals surface area contributed by atoms with Crippen molar-refractivity contribution in [2.45, 2.75) is 25.8 Å². The number of amides is 3. The van der Waals surface area contributed by atoms with Gasteiger partial charge in [0.1, 0.15) is 5.75 Å². The van der Waals surface area contributed by atoms with Crippen LogP contribution in [0.2, 0.25) is 0 Å². The second-order valence-corrected chi connectivity index (χ2v) is 10.3. The van der Waals surface area contributed by atoms with E-state index < -0.39 is 0 Å². The Hall–Kier alpha value is -4.17. The van der Waals surface area contributed by atoms with E-state index in [-0.39, 0.29) is 43.3 Å². The number of hydrogen-bond donors (Lipinski definition) is 1. The van der Waals surface area contributed by atoms with E-state index in [0.29, 0.717) is 42.9 Å².